The van der Waals surface area contributed by atoms with Crippen molar-refractivity contribution in [3.63, 3.8) is 0 Å². The summed E-state index contributed by atoms with van der Waals surface area (Å²) in [5.74, 6) is 0.634. The molecule has 2 heterocycles. The molecule has 1 aromatic heterocycles. The zero-order chi connectivity index (χ0) is 14.1. The summed E-state index contributed by atoms with van der Waals surface area (Å²) in [5, 5.41) is 29.1. The molecule has 106 valence electrons. The van der Waals surface area contributed by atoms with Gasteiger partial charge in [-0.2, -0.15) is 0 Å². The molecule has 3 rings (SSSR count). The zero-order valence-corrected chi connectivity index (χ0v) is 11.7. The number of anilines is 1. The van der Waals surface area contributed by atoms with Crippen molar-refractivity contribution in [1.82, 2.24) is 14.9 Å². The summed E-state index contributed by atoms with van der Waals surface area (Å²) < 4.78 is 1.83. The van der Waals surface area contributed by atoms with Crippen LogP contribution in [-0.2, 0) is 0 Å². The van der Waals surface area contributed by atoms with E-state index in [-0.39, 0.29) is 10.9 Å². The van der Waals surface area contributed by atoms with Crippen molar-refractivity contribution in [3.8, 4) is 11.4 Å². The first kappa shape index (κ1) is 13.2. The minimum absolute atomic E-state index is 0.160. The maximum absolute atomic E-state index is 10.9. The van der Waals surface area contributed by atoms with E-state index in [1.807, 2.05) is 10.7 Å². The minimum Gasteiger partial charge on any atom is -0.733 e. The van der Waals surface area contributed by atoms with Crippen LogP contribution in [0.5, 0.6) is 0 Å². The monoisotopic (exact) mass is 292 g/mol. The topological polar surface area (TPSA) is 89.3 Å². The van der Waals surface area contributed by atoms with E-state index in [1.165, 1.54) is 6.07 Å². The molecule has 1 aliphatic heterocycles. The summed E-state index contributed by atoms with van der Waals surface area (Å²) in [7, 11) is 0. The Kier molecular flexibility index (Phi) is 3.51. The summed E-state index contributed by atoms with van der Waals surface area (Å²) in [6.45, 7) is 2.13. The van der Waals surface area contributed by atoms with Crippen LogP contribution < -0.4 is 10.7 Å². The van der Waals surface area contributed by atoms with Gasteiger partial charge in [0.05, 0.1) is 11.1 Å². The molecule has 0 unspecified atom stereocenters. The van der Waals surface area contributed by atoms with Crippen molar-refractivity contribution in [2.24, 2.45) is 0 Å². The van der Waals surface area contributed by atoms with Gasteiger partial charge in [0, 0.05) is 5.56 Å². The van der Waals surface area contributed by atoms with Crippen molar-refractivity contribution >= 4 is 17.4 Å². The van der Waals surface area contributed by atoms with E-state index in [4.69, 9.17) is 5.21 Å². The van der Waals surface area contributed by atoms with Gasteiger partial charge in [-0.05, 0) is 18.6 Å². The summed E-state index contributed by atoms with van der Waals surface area (Å²) in [5.41, 5.74) is 4.22. The number of benzene rings is 1. The molecular formula is C12H14N5O2S-. The average molecular weight is 292 g/mol. The third-order valence-electron chi connectivity index (χ3n) is 3.03. The molecule has 1 aromatic carbocycles. The molecule has 0 radical (unpaired) electrons. The highest BCUT2D eigenvalue weighted by Gasteiger charge is 2.26. The van der Waals surface area contributed by atoms with Crippen molar-refractivity contribution in [1.29, 1.82) is 0 Å². The zero-order valence-electron chi connectivity index (χ0n) is 10.9. The molecular weight excluding hydrogens is 278 g/mol. The van der Waals surface area contributed by atoms with Gasteiger partial charge in [-0.1, -0.05) is 37.2 Å². The number of rotatable bonds is 4. The quantitative estimate of drug-likeness (QED) is 0.836. The van der Waals surface area contributed by atoms with Crippen molar-refractivity contribution in [2.45, 2.75) is 30.3 Å². The Morgan fingerprint density at radius 2 is 2.35 bits per heavy atom. The Balaban J connectivity index is 1.92. The Morgan fingerprint density at radius 1 is 1.50 bits per heavy atom. The molecule has 0 amide bonds. The predicted octanol–water partition coefficient (Wildman–Crippen LogP) is 2.41. The van der Waals surface area contributed by atoms with Gasteiger partial charge in [0.25, 0.3) is 0 Å². The maximum Gasteiger partial charge on any atom is 0.212 e. The van der Waals surface area contributed by atoms with Gasteiger partial charge in [0.1, 0.15) is 0 Å². The highest BCUT2D eigenvalue weighted by molar-refractivity contribution is 8.00. The molecule has 2 N–H and O–H groups in total. The van der Waals surface area contributed by atoms with Crippen LogP contribution in [0.4, 0.5) is 5.69 Å². The fraction of sp³-hybridized carbons (Fsp3) is 0.333. The molecule has 0 spiro atoms. The lowest BCUT2D eigenvalue weighted by Crippen LogP contribution is -2.19. The lowest BCUT2D eigenvalue weighted by molar-refractivity contribution is 0.296. The van der Waals surface area contributed by atoms with E-state index in [9.17, 15) is 5.21 Å². The number of fused-ring (bicyclic) bond motifs is 1. The van der Waals surface area contributed by atoms with E-state index in [2.05, 4.69) is 22.5 Å². The first-order valence-corrected chi connectivity index (χ1v) is 7.22. The van der Waals surface area contributed by atoms with E-state index in [1.54, 1.807) is 23.9 Å². The van der Waals surface area contributed by atoms with Crippen LogP contribution in [0.2, 0.25) is 0 Å². The number of hydrogen-bond donors (Lipinski definition) is 2. The number of aromatic nitrogens is 3. The first-order chi connectivity index (χ1) is 9.69. The maximum atomic E-state index is 10.9. The van der Waals surface area contributed by atoms with Crippen LogP contribution in [0, 0.1) is 5.21 Å². The van der Waals surface area contributed by atoms with E-state index < -0.39 is 0 Å². The molecule has 2 aromatic rings. The minimum atomic E-state index is -0.160. The van der Waals surface area contributed by atoms with Gasteiger partial charge in [0.15, 0.2) is 5.82 Å². The molecule has 0 fully saturated rings. The highest BCUT2D eigenvalue weighted by atomic mass is 32.2. The first-order valence-electron chi connectivity index (χ1n) is 6.34. The molecule has 0 aliphatic carbocycles. The standard InChI is InChI=1S/C12H14N5O2S/c1-2-4-10-15-16-11(13-14-12(16)20-10)8-5-3-6-9(7-8)17(18)19/h3,5-7,10,15,18H,2,4H2,1H3/q-1/t10-/m1/s1. The second-order valence-electron chi connectivity index (χ2n) is 4.49. The Hall–Kier alpha value is -1.77. The Bertz CT molecular complexity index is 616. The highest BCUT2D eigenvalue weighted by Crippen LogP contribution is 2.33. The smallest absolute Gasteiger partial charge is 0.212 e. The Labute approximate surface area is 120 Å². The van der Waals surface area contributed by atoms with Gasteiger partial charge in [-0.3, -0.25) is 5.21 Å². The summed E-state index contributed by atoms with van der Waals surface area (Å²) in [4.78, 5) is 0. The molecule has 0 saturated carbocycles. The second kappa shape index (κ2) is 5.31. The van der Waals surface area contributed by atoms with E-state index in [0.29, 0.717) is 11.2 Å². The number of hydrogen-bond acceptors (Lipinski definition) is 7. The van der Waals surface area contributed by atoms with E-state index >= 15 is 0 Å². The van der Waals surface area contributed by atoms with Gasteiger partial charge in [-0.25, -0.2) is 4.68 Å². The van der Waals surface area contributed by atoms with Gasteiger partial charge in [0.2, 0.25) is 5.16 Å². The number of nitrogens with zero attached hydrogens (tertiary/aromatic N) is 4. The summed E-state index contributed by atoms with van der Waals surface area (Å²) in [6.07, 6.45) is 2.13. The third-order valence-corrected chi connectivity index (χ3v) is 4.13. The largest absolute Gasteiger partial charge is 0.733 e. The van der Waals surface area contributed by atoms with Crippen molar-refractivity contribution in [3.05, 3.63) is 29.5 Å². The summed E-state index contributed by atoms with van der Waals surface area (Å²) in [6, 6.07) is 6.62. The van der Waals surface area contributed by atoms with E-state index in [0.717, 1.165) is 23.6 Å². The molecule has 0 bridgehead atoms. The predicted molar refractivity (Wildman–Crippen MR) is 77.0 cm³/mol. The second-order valence-corrected chi connectivity index (χ2v) is 5.66. The molecule has 1 aliphatic rings. The number of thioether (sulfide) groups is 1. The fourth-order valence-electron chi connectivity index (χ4n) is 2.10. The van der Waals surface area contributed by atoms with Gasteiger partial charge >= 0.3 is 0 Å². The van der Waals surface area contributed by atoms with Crippen LogP contribution in [0.1, 0.15) is 19.8 Å². The molecule has 1 atom stereocenters. The molecule has 7 nitrogen and oxygen atoms in total. The fourth-order valence-corrected chi connectivity index (χ4v) is 3.20. The number of nitrogens with one attached hydrogen (secondary N) is 1. The van der Waals surface area contributed by atoms with Crippen LogP contribution in [-0.4, -0.2) is 25.5 Å². The van der Waals surface area contributed by atoms with Crippen LogP contribution >= 0.6 is 11.8 Å². The van der Waals surface area contributed by atoms with Gasteiger partial charge in [-0.15, -0.1) is 10.2 Å². The summed E-state index contributed by atoms with van der Waals surface area (Å²) >= 11 is 1.64. The molecule has 20 heavy (non-hydrogen) atoms. The normalized spacial score (nSPS) is 16.9. The molecule has 8 heteroatoms. The van der Waals surface area contributed by atoms with Crippen LogP contribution in [0.25, 0.3) is 11.4 Å². The SMILES string of the molecule is CCC[C@@H]1Nn2c(nnc2-c2cccc(N([O-])O)c2)S1. The van der Waals surface area contributed by atoms with Crippen molar-refractivity contribution in [2.75, 3.05) is 10.7 Å². The van der Waals surface area contributed by atoms with Crippen LogP contribution in [0.15, 0.2) is 29.4 Å². The van der Waals surface area contributed by atoms with Crippen LogP contribution in [0.3, 0.4) is 0 Å². The average Bonchev–Trinajstić information content (AvgIpc) is 2.99. The third kappa shape index (κ3) is 2.33. The molecule has 0 saturated heterocycles. The lowest BCUT2D eigenvalue weighted by atomic mass is 10.2. The van der Waals surface area contributed by atoms with Crippen molar-refractivity contribution < 1.29 is 5.21 Å². The van der Waals surface area contributed by atoms with Gasteiger partial charge < -0.3 is 15.9 Å². The lowest BCUT2D eigenvalue weighted by Gasteiger charge is -2.21. The Morgan fingerprint density at radius 3 is 3.10 bits per heavy atom.